The van der Waals surface area contributed by atoms with Crippen molar-refractivity contribution in [3.8, 4) is 0 Å². The van der Waals surface area contributed by atoms with E-state index in [4.69, 9.17) is 9.47 Å². The Labute approximate surface area is 315 Å². The Balaban J connectivity index is 2.55. The van der Waals surface area contributed by atoms with Gasteiger partial charge in [-0.1, -0.05) is 122 Å². The molecule has 0 fully saturated rings. The minimum absolute atomic E-state index is 0.122. The fourth-order valence-electron chi connectivity index (χ4n) is 6.68. The zero-order chi connectivity index (χ0) is 38.4. The van der Waals surface area contributed by atoms with Crippen LogP contribution in [0.2, 0.25) is 0 Å². The zero-order valence-electron chi connectivity index (χ0n) is 33.3. The smallest absolute Gasteiger partial charge is 0.306 e. The molecule has 0 amide bonds. The van der Waals surface area contributed by atoms with Gasteiger partial charge >= 0.3 is 23.9 Å². The summed E-state index contributed by atoms with van der Waals surface area (Å²) < 4.78 is 10.7. The molecule has 0 saturated heterocycles. The standard InChI is InChI=1S/C43H73NO8/c1-5-7-9-11-19-25-40(45)51-27-21-15-13-17-23-38(42(47)48)32-35-29-36(31-37(30-35)34-44(3)4)33-39(43(49)50)24-18-14-16-22-28-52-41(46)26-20-12-10-8-6-2/h29-31,38-39H,5-28,32-34H2,1-4H3,(H,47,48)(H,49,50). The number of nitrogens with zero attached hydrogens (tertiary/aromatic N) is 1. The van der Waals surface area contributed by atoms with Crippen LogP contribution in [-0.2, 0) is 48.0 Å². The molecule has 0 spiro atoms. The number of ether oxygens (including phenoxy) is 2. The van der Waals surface area contributed by atoms with Crippen molar-refractivity contribution in [1.82, 2.24) is 4.90 Å². The van der Waals surface area contributed by atoms with Gasteiger partial charge in [0.25, 0.3) is 0 Å². The number of carbonyl (C=O) groups excluding carboxylic acids is 2. The van der Waals surface area contributed by atoms with Gasteiger partial charge in [0.2, 0.25) is 0 Å². The van der Waals surface area contributed by atoms with Crippen LogP contribution in [0.25, 0.3) is 0 Å². The van der Waals surface area contributed by atoms with Gasteiger partial charge in [0.05, 0.1) is 25.0 Å². The van der Waals surface area contributed by atoms with Gasteiger partial charge in [0.1, 0.15) is 0 Å². The molecule has 9 nitrogen and oxygen atoms in total. The van der Waals surface area contributed by atoms with Crippen LogP contribution in [0.5, 0.6) is 0 Å². The van der Waals surface area contributed by atoms with Gasteiger partial charge < -0.3 is 24.6 Å². The highest BCUT2D eigenvalue weighted by atomic mass is 16.5. The third kappa shape index (κ3) is 25.1. The van der Waals surface area contributed by atoms with Crippen molar-refractivity contribution in [3.05, 3.63) is 34.9 Å². The maximum Gasteiger partial charge on any atom is 0.306 e. The van der Waals surface area contributed by atoms with Gasteiger partial charge in [-0.3, -0.25) is 19.2 Å². The van der Waals surface area contributed by atoms with Crippen LogP contribution in [0.15, 0.2) is 18.2 Å². The summed E-state index contributed by atoms with van der Waals surface area (Å²) in [5.41, 5.74) is 2.92. The van der Waals surface area contributed by atoms with E-state index in [1.54, 1.807) is 0 Å². The molecule has 298 valence electrons. The van der Waals surface area contributed by atoms with E-state index in [-0.39, 0.29) is 11.9 Å². The average Bonchev–Trinajstić information content (AvgIpc) is 3.09. The molecule has 1 aromatic carbocycles. The summed E-state index contributed by atoms with van der Waals surface area (Å²) in [6, 6.07) is 6.13. The van der Waals surface area contributed by atoms with Gasteiger partial charge in [0.15, 0.2) is 0 Å². The van der Waals surface area contributed by atoms with Crippen molar-refractivity contribution in [2.24, 2.45) is 11.8 Å². The number of carboxylic acid groups (broad SMARTS) is 2. The third-order valence-corrected chi connectivity index (χ3v) is 9.66. The maximum atomic E-state index is 12.3. The molecule has 0 aliphatic heterocycles. The first-order chi connectivity index (χ1) is 25.0. The molecular formula is C43H73NO8. The van der Waals surface area contributed by atoms with Crippen molar-refractivity contribution in [2.45, 2.75) is 174 Å². The molecule has 0 saturated carbocycles. The lowest BCUT2D eigenvalue weighted by molar-refractivity contribution is -0.144. The lowest BCUT2D eigenvalue weighted by Gasteiger charge is -2.18. The van der Waals surface area contributed by atoms with Crippen molar-refractivity contribution < 1.29 is 38.9 Å². The maximum absolute atomic E-state index is 12.3. The summed E-state index contributed by atoms with van der Waals surface area (Å²) in [5.74, 6) is -2.91. The summed E-state index contributed by atoms with van der Waals surface area (Å²) >= 11 is 0. The SMILES string of the molecule is CCCCCCCC(=O)OCCCCCCC(Cc1cc(CC(CCCCCCOC(=O)CCCCCCC)C(=O)O)cc(CN(C)C)c1)C(=O)O. The van der Waals surface area contributed by atoms with E-state index in [0.717, 1.165) is 107 Å². The highest BCUT2D eigenvalue weighted by molar-refractivity contribution is 5.71. The molecule has 2 N–H and O–H groups in total. The van der Waals surface area contributed by atoms with Gasteiger partial charge in [-0.2, -0.15) is 0 Å². The fraction of sp³-hybridized carbons (Fsp3) is 0.767. The van der Waals surface area contributed by atoms with Crippen LogP contribution in [0.3, 0.4) is 0 Å². The number of hydrogen-bond acceptors (Lipinski definition) is 7. The first kappa shape index (κ1) is 47.1. The molecule has 2 atom stereocenters. The van der Waals surface area contributed by atoms with Crippen molar-refractivity contribution in [3.63, 3.8) is 0 Å². The predicted molar refractivity (Wildman–Crippen MR) is 208 cm³/mol. The summed E-state index contributed by atoms with van der Waals surface area (Å²) in [6.07, 6.45) is 20.6. The van der Waals surface area contributed by atoms with Gasteiger partial charge in [-0.05, 0) is 82.2 Å². The van der Waals surface area contributed by atoms with Crippen LogP contribution >= 0.6 is 0 Å². The van der Waals surface area contributed by atoms with Gasteiger partial charge in [-0.25, -0.2) is 0 Å². The number of benzene rings is 1. The van der Waals surface area contributed by atoms with Crippen LogP contribution in [0.1, 0.15) is 172 Å². The highest BCUT2D eigenvalue weighted by Gasteiger charge is 2.21. The first-order valence-corrected chi connectivity index (χ1v) is 20.6. The molecule has 1 rings (SSSR count). The van der Waals surface area contributed by atoms with E-state index in [2.05, 4.69) is 30.9 Å². The molecular weight excluding hydrogens is 658 g/mol. The zero-order valence-corrected chi connectivity index (χ0v) is 33.3. The highest BCUT2D eigenvalue weighted by Crippen LogP contribution is 2.24. The molecule has 0 aliphatic rings. The molecule has 0 bridgehead atoms. The predicted octanol–water partition coefficient (Wildman–Crippen LogP) is 9.94. The second-order valence-corrected chi connectivity index (χ2v) is 15.0. The van der Waals surface area contributed by atoms with E-state index >= 15 is 0 Å². The summed E-state index contributed by atoms with van der Waals surface area (Å²) in [6.45, 7) is 5.87. The molecule has 0 radical (unpaired) electrons. The Morgan fingerprint density at radius 3 is 1.29 bits per heavy atom. The van der Waals surface area contributed by atoms with Gasteiger partial charge in [-0.15, -0.1) is 0 Å². The molecule has 2 unspecified atom stereocenters. The number of unbranched alkanes of at least 4 members (excludes halogenated alkanes) is 14. The summed E-state index contributed by atoms with van der Waals surface area (Å²) in [4.78, 5) is 50.4. The fourth-order valence-corrected chi connectivity index (χ4v) is 6.68. The minimum atomic E-state index is -0.812. The van der Waals surface area contributed by atoms with E-state index in [1.165, 1.54) is 25.7 Å². The van der Waals surface area contributed by atoms with Crippen molar-refractivity contribution >= 4 is 23.9 Å². The first-order valence-electron chi connectivity index (χ1n) is 20.6. The molecule has 0 aromatic heterocycles. The Morgan fingerprint density at radius 2 is 0.904 bits per heavy atom. The molecule has 1 aromatic rings. The summed E-state index contributed by atoms with van der Waals surface area (Å²) in [5, 5.41) is 20.1. The Bertz CT molecular complexity index is 1040. The Kier molecular flexibility index (Phi) is 27.6. The van der Waals surface area contributed by atoms with E-state index in [0.29, 0.717) is 58.3 Å². The van der Waals surface area contributed by atoms with E-state index in [9.17, 15) is 29.4 Å². The lowest BCUT2D eigenvalue weighted by Crippen LogP contribution is -2.19. The molecule has 0 heterocycles. The monoisotopic (exact) mass is 732 g/mol. The van der Waals surface area contributed by atoms with Crippen LogP contribution in [0, 0.1) is 11.8 Å². The Hall–Kier alpha value is -2.94. The summed E-state index contributed by atoms with van der Waals surface area (Å²) in [7, 11) is 3.97. The van der Waals surface area contributed by atoms with E-state index in [1.807, 2.05) is 20.2 Å². The molecule has 0 aliphatic carbocycles. The second-order valence-electron chi connectivity index (χ2n) is 15.0. The average molecular weight is 732 g/mol. The number of carboxylic acids is 2. The topological polar surface area (TPSA) is 130 Å². The molecule has 9 heteroatoms. The number of rotatable bonds is 34. The largest absolute Gasteiger partial charge is 0.481 e. The Morgan fingerprint density at radius 1 is 0.538 bits per heavy atom. The lowest BCUT2D eigenvalue weighted by atomic mass is 9.88. The second kappa shape index (κ2) is 30.5. The molecule has 52 heavy (non-hydrogen) atoms. The van der Waals surface area contributed by atoms with Crippen LogP contribution in [0.4, 0.5) is 0 Å². The normalized spacial score (nSPS) is 12.5. The number of hydrogen-bond donors (Lipinski definition) is 2. The van der Waals surface area contributed by atoms with Crippen molar-refractivity contribution in [2.75, 3.05) is 27.3 Å². The quantitative estimate of drug-likeness (QED) is 0.0525. The third-order valence-electron chi connectivity index (χ3n) is 9.66. The van der Waals surface area contributed by atoms with E-state index < -0.39 is 23.8 Å². The number of carbonyl (C=O) groups is 4. The van der Waals surface area contributed by atoms with Gasteiger partial charge in [0, 0.05) is 19.4 Å². The minimum Gasteiger partial charge on any atom is -0.481 e. The number of aliphatic carboxylic acids is 2. The number of esters is 2. The van der Waals surface area contributed by atoms with Crippen LogP contribution in [-0.4, -0.2) is 66.3 Å². The van der Waals surface area contributed by atoms with Crippen molar-refractivity contribution in [1.29, 1.82) is 0 Å². The van der Waals surface area contributed by atoms with Crippen LogP contribution < -0.4 is 0 Å².